The van der Waals surface area contributed by atoms with E-state index in [2.05, 4.69) is 25.1 Å². The van der Waals surface area contributed by atoms with Crippen LogP contribution in [0.25, 0.3) is 10.9 Å². The summed E-state index contributed by atoms with van der Waals surface area (Å²) in [4.78, 5) is 24.0. The van der Waals surface area contributed by atoms with Crippen molar-refractivity contribution in [2.24, 2.45) is 0 Å². The Morgan fingerprint density at radius 1 is 1.27 bits per heavy atom. The van der Waals surface area contributed by atoms with E-state index in [4.69, 9.17) is 0 Å². The lowest BCUT2D eigenvalue weighted by Gasteiger charge is -2.35. The Hall–Kier alpha value is -2.28. The van der Waals surface area contributed by atoms with Gasteiger partial charge in [0.05, 0.1) is 6.54 Å². The van der Waals surface area contributed by atoms with E-state index < -0.39 is 0 Å². The molecule has 1 aliphatic heterocycles. The van der Waals surface area contributed by atoms with Crippen LogP contribution in [0.4, 0.5) is 10.2 Å². The zero-order chi connectivity index (χ0) is 15.5. The summed E-state index contributed by atoms with van der Waals surface area (Å²) in [5, 5.41) is 3.35. The number of benzene rings is 1. The van der Waals surface area contributed by atoms with Gasteiger partial charge in [-0.15, -0.1) is 0 Å². The number of halogens is 1. The van der Waals surface area contributed by atoms with E-state index in [1.807, 2.05) is 6.07 Å². The van der Waals surface area contributed by atoms with Crippen LogP contribution in [0.1, 0.15) is 0 Å². The molecule has 1 aromatic carbocycles. The first-order valence-electron chi connectivity index (χ1n) is 7.26. The number of fused-ring (bicyclic) bond motifs is 1. The summed E-state index contributed by atoms with van der Waals surface area (Å²) < 4.78 is 13.8. The van der Waals surface area contributed by atoms with Gasteiger partial charge in [-0.3, -0.25) is 9.69 Å². The maximum absolute atomic E-state index is 13.8. The molecule has 0 unspecified atom stereocenters. The Balaban J connectivity index is 1.77. The number of hydrogen-bond donors (Lipinski definition) is 1. The van der Waals surface area contributed by atoms with Crippen LogP contribution < -0.4 is 10.2 Å². The molecule has 0 atom stereocenters. The minimum atomic E-state index is -0.334. The number of carbonyl (C=O) groups is 1. The van der Waals surface area contributed by atoms with Crippen molar-refractivity contribution in [2.75, 3.05) is 44.7 Å². The second-order valence-electron chi connectivity index (χ2n) is 5.27. The molecule has 7 heteroatoms. The molecule has 1 saturated heterocycles. The SMILES string of the molecule is CNC(=O)CN1CCN(c2ncnc3c(F)cccc23)CC1. The minimum absolute atomic E-state index is 0.0167. The summed E-state index contributed by atoms with van der Waals surface area (Å²) in [6, 6.07) is 4.91. The Morgan fingerprint density at radius 2 is 2.05 bits per heavy atom. The van der Waals surface area contributed by atoms with E-state index >= 15 is 0 Å². The summed E-state index contributed by atoms with van der Waals surface area (Å²) in [5.41, 5.74) is 0.347. The van der Waals surface area contributed by atoms with Crippen LogP contribution in [-0.4, -0.2) is 60.5 Å². The zero-order valence-corrected chi connectivity index (χ0v) is 12.4. The molecule has 1 aliphatic rings. The number of nitrogens with one attached hydrogen (secondary N) is 1. The van der Waals surface area contributed by atoms with Crippen LogP contribution in [0, 0.1) is 5.82 Å². The number of likely N-dealkylation sites (N-methyl/N-ethyl adjacent to an activating group) is 1. The highest BCUT2D eigenvalue weighted by molar-refractivity contribution is 5.89. The lowest BCUT2D eigenvalue weighted by atomic mass is 10.2. The molecule has 22 heavy (non-hydrogen) atoms. The molecular formula is C15H18FN5O. The summed E-state index contributed by atoms with van der Waals surface area (Å²) in [6.45, 7) is 3.45. The molecular weight excluding hydrogens is 285 g/mol. The number of para-hydroxylation sites is 1. The van der Waals surface area contributed by atoms with Gasteiger partial charge in [-0.1, -0.05) is 6.07 Å². The second kappa shape index (κ2) is 6.23. The number of aromatic nitrogens is 2. The standard InChI is InChI=1S/C15H18FN5O/c1-17-13(22)9-20-5-7-21(8-6-20)15-11-3-2-4-12(16)14(11)18-10-19-15/h2-4,10H,5-9H2,1H3,(H,17,22). The van der Waals surface area contributed by atoms with Crippen LogP contribution in [0.15, 0.2) is 24.5 Å². The normalized spacial score (nSPS) is 16.0. The Kier molecular flexibility index (Phi) is 4.15. The smallest absolute Gasteiger partial charge is 0.233 e. The molecule has 0 bridgehead atoms. The van der Waals surface area contributed by atoms with Crippen LogP contribution in [0.2, 0.25) is 0 Å². The van der Waals surface area contributed by atoms with Crippen LogP contribution >= 0.6 is 0 Å². The third-order valence-electron chi connectivity index (χ3n) is 3.91. The average Bonchev–Trinajstić information content (AvgIpc) is 2.55. The number of hydrogen-bond acceptors (Lipinski definition) is 5. The Morgan fingerprint density at radius 3 is 2.77 bits per heavy atom. The van der Waals surface area contributed by atoms with Gasteiger partial charge < -0.3 is 10.2 Å². The second-order valence-corrected chi connectivity index (χ2v) is 5.27. The first-order valence-corrected chi connectivity index (χ1v) is 7.26. The quantitative estimate of drug-likeness (QED) is 0.901. The molecule has 6 nitrogen and oxygen atoms in total. The van der Waals surface area contributed by atoms with Crippen LogP contribution in [-0.2, 0) is 4.79 Å². The maximum Gasteiger partial charge on any atom is 0.233 e. The minimum Gasteiger partial charge on any atom is -0.358 e. The van der Waals surface area contributed by atoms with Crippen molar-refractivity contribution in [3.63, 3.8) is 0 Å². The summed E-state index contributed by atoms with van der Waals surface area (Å²) >= 11 is 0. The number of rotatable bonds is 3. The van der Waals surface area contributed by atoms with Crippen LogP contribution in [0.5, 0.6) is 0 Å². The third-order valence-corrected chi connectivity index (χ3v) is 3.91. The number of nitrogens with zero attached hydrogens (tertiary/aromatic N) is 4. The van der Waals surface area contributed by atoms with Crippen molar-refractivity contribution < 1.29 is 9.18 Å². The van der Waals surface area contributed by atoms with Crippen molar-refractivity contribution in [2.45, 2.75) is 0 Å². The van der Waals surface area contributed by atoms with E-state index in [0.29, 0.717) is 12.1 Å². The van der Waals surface area contributed by atoms with Crippen molar-refractivity contribution in [3.8, 4) is 0 Å². The van der Waals surface area contributed by atoms with Gasteiger partial charge in [0.15, 0.2) is 0 Å². The Bertz CT molecular complexity index is 685. The van der Waals surface area contributed by atoms with Gasteiger partial charge in [-0.25, -0.2) is 14.4 Å². The molecule has 116 valence electrons. The van der Waals surface area contributed by atoms with E-state index in [0.717, 1.165) is 37.4 Å². The molecule has 0 saturated carbocycles. The van der Waals surface area contributed by atoms with Gasteiger partial charge in [-0.2, -0.15) is 0 Å². The predicted octanol–water partition coefficient (Wildman–Crippen LogP) is 0.637. The van der Waals surface area contributed by atoms with Crippen molar-refractivity contribution in [3.05, 3.63) is 30.3 Å². The summed E-state index contributed by atoms with van der Waals surface area (Å²) in [7, 11) is 1.64. The van der Waals surface area contributed by atoms with E-state index in [1.54, 1.807) is 13.1 Å². The molecule has 1 amide bonds. The number of anilines is 1. The average molecular weight is 303 g/mol. The molecule has 0 radical (unpaired) electrons. The fourth-order valence-electron chi connectivity index (χ4n) is 2.69. The highest BCUT2D eigenvalue weighted by Crippen LogP contribution is 2.25. The summed E-state index contributed by atoms with van der Waals surface area (Å²) in [5.74, 6) is 0.437. The molecule has 1 aromatic heterocycles. The van der Waals surface area contributed by atoms with Gasteiger partial charge in [0.1, 0.15) is 23.5 Å². The molecule has 1 fully saturated rings. The number of carbonyl (C=O) groups excluding carboxylic acids is 1. The van der Waals surface area contributed by atoms with Crippen molar-refractivity contribution in [1.29, 1.82) is 0 Å². The number of amides is 1. The highest BCUT2D eigenvalue weighted by Gasteiger charge is 2.21. The molecule has 3 rings (SSSR count). The van der Waals surface area contributed by atoms with Gasteiger partial charge in [0.25, 0.3) is 0 Å². The first kappa shape index (κ1) is 14.6. The van der Waals surface area contributed by atoms with Gasteiger partial charge >= 0.3 is 0 Å². The first-order chi connectivity index (χ1) is 10.7. The topological polar surface area (TPSA) is 61.4 Å². The molecule has 2 aromatic rings. The van der Waals surface area contributed by atoms with Gasteiger partial charge in [-0.05, 0) is 12.1 Å². The fraction of sp³-hybridized carbons (Fsp3) is 0.400. The van der Waals surface area contributed by atoms with Crippen molar-refractivity contribution >= 4 is 22.6 Å². The van der Waals surface area contributed by atoms with Gasteiger partial charge in [0.2, 0.25) is 5.91 Å². The maximum atomic E-state index is 13.8. The lowest BCUT2D eigenvalue weighted by molar-refractivity contribution is -0.121. The highest BCUT2D eigenvalue weighted by atomic mass is 19.1. The molecule has 0 spiro atoms. The fourth-order valence-corrected chi connectivity index (χ4v) is 2.69. The Labute approximate surface area is 127 Å². The lowest BCUT2D eigenvalue weighted by Crippen LogP contribution is -2.49. The predicted molar refractivity (Wildman–Crippen MR) is 82.2 cm³/mol. The molecule has 0 aliphatic carbocycles. The van der Waals surface area contributed by atoms with Crippen molar-refractivity contribution in [1.82, 2.24) is 20.2 Å². The van der Waals surface area contributed by atoms with Crippen LogP contribution in [0.3, 0.4) is 0 Å². The zero-order valence-electron chi connectivity index (χ0n) is 12.4. The van der Waals surface area contributed by atoms with E-state index in [9.17, 15) is 9.18 Å². The third kappa shape index (κ3) is 2.85. The van der Waals surface area contributed by atoms with E-state index in [1.165, 1.54) is 12.4 Å². The monoisotopic (exact) mass is 303 g/mol. The summed E-state index contributed by atoms with van der Waals surface area (Å²) in [6.07, 6.45) is 1.40. The largest absolute Gasteiger partial charge is 0.358 e. The van der Waals surface area contributed by atoms with Gasteiger partial charge in [0, 0.05) is 38.6 Å². The molecule has 2 heterocycles. The van der Waals surface area contributed by atoms with E-state index in [-0.39, 0.29) is 11.7 Å². The number of piperazine rings is 1. The molecule has 1 N–H and O–H groups in total.